The van der Waals surface area contributed by atoms with Gasteiger partial charge in [-0.3, -0.25) is 9.59 Å². The first-order valence-corrected chi connectivity index (χ1v) is 7.69. The van der Waals surface area contributed by atoms with E-state index in [0.717, 1.165) is 16.9 Å². The van der Waals surface area contributed by atoms with Gasteiger partial charge in [-0.2, -0.15) is 0 Å². The monoisotopic (exact) mass is 310 g/mol. The quantitative estimate of drug-likeness (QED) is 0.854. The molecule has 2 amide bonds. The van der Waals surface area contributed by atoms with Crippen LogP contribution in [0.2, 0.25) is 0 Å². The van der Waals surface area contributed by atoms with E-state index in [4.69, 9.17) is 0 Å². The number of hydrogen-bond donors (Lipinski definition) is 1. The summed E-state index contributed by atoms with van der Waals surface area (Å²) in [4.78, 5) is 25.9. The van der Waals surface area contributed by atoms with Crippen LogP contribution < -0.4 is 10.2 Å². The Morgan fingerprint density at radius 2 is 1.61 bits per heavy atom. The van der Waals surface area contributed by atoms with Crippen LogP contribution in [0.4, 0.5) is 11.4 Å². The molecule has 4 heteroatoms. The van der Waals surface area contributed by atoms with E-state index in [1.807, 2.05) is 54.6 Å². The Labute approximate surface area is 137 Å². The molecule has 0 spiro atoms. The van der Waals surface area contributed by atoms with Gasteiger partial charge in [-0.1, -0.05) is 50.2 Å². The van der Waals surface area contributed by atoms with E-state index in [0.29, 0.717) is 5.92 Å². The zero-order valence-corrected chi connectivity index (χ0v) is 13.7. The van der Waals surface area contributed by atoms with E-state index >= 15 is 0 Å². The third kappa shape index (κ3) is 4.42. The summed E-state index contributed by atoms with van der Waals surface area (Å²) in [6.45, 7) is 4.14. The van der Waals surface area contributed by atoms with E-state index in [-0.39, 0.29) is 18.2 Å². The van der Waals surface area contributed by atoms with Crippen molar-refractivity contribution in [3.8, 4) is 0 Å². The molecule has 2 aromatic rings. The van der Waals surface area contributed by atoms with Crippen molar-refractivity contribution in [1.29, 1.82) is 0 Å². The smallest absolute Gasteiger partial charge is 0.236 e. The van der Waals surface area contributed by atoms with Crippen LogP contribution in [0.15, 0.2) is 54.6 Å². The molecule has 23 heavy (non-hydrogen) atoms. The summed E-state index contributed by atoms with van der Waals surface area (Å²) in [6.07, 6.45) is -0.183. The minimum atomic E-state index is -0.300. The average molecular weight is 310 g/mol. The molecule has 0 aliphatic rings. The van der Waals surface area contributed by atoms with E-state index in [1.54, 1.807) is 7.05 Å². The molecular formula is C19H22N2O2. The van der Waals surface area contributed by atoms with Gasteiger partial charge in [-0.25, -0.2) is 0 Å². The Hall–Kier alpha value is -2.62. The second-order valence-electron chi connectivity index (χ2n) is 5.76. The van der Waals surface area contributed by atoms with Crippen LogP contribution in [-0.4, -0.2) is 18.9 Å². The molecular weight excluding hydrogens is 288 g/mol. The molecule has 0 fully saturated rings. The van der Waals surface area contributed by atoms with E-state index in [9.17, 15) is 9.59 Å². The highest BCUT2D eigenvalue weighted by Crippen LogP contribution is 2.23. The van der Waals surface area contributed by atoms with Gasteiger partial charge in [0.25, 0.3) is 0 Å². The van der Waals surface area contributed by atoms with Crippen LogP contribution in [0.5, 0.6) is 0 Å². The minimum Gasteiger partial charge on any atom is -0.325 e. The van der Waals surface area contributed by atoms with Crippen LogP contribution in [0, 0.1) is 0 Å². The number of nitrogens with one attached hydrogen (secondary N) is 1. The molecule has 0 aliphatic carbocycles. The Morgan fingerprint density at radius 3 is 2.26 bits per heavy atom. The number of para-hydroxylation sites is 2. The van der Waals surface area contributed by atoms with Gasteiger partial charge in [0.2, 0.25) is 11.8 Å². The van der Waals surface area contributed by atoms with Crippen molar-refractivity contribution < 1.29 is 9.59 Å². The van der Waals surface area contributed by atoms with E-state index in [1.165, 1.54) is 4.90 Å². The van der Waals surface area contributed by atoms with Crippen LogP contribution >= 0.6 is 0 Å². The van der Waals surface area contributed by atoms with Gasteiger partial charge >= 0.3 is 0 Å². The Kier molecular flexibility index (Phi) is 5.52. The number of benzene rings is 2. The molecule has 2 aromatic carbocycles. The van der Waals surface area contributed by atoms with Crippen molar-refractivity contribution in [2.75, 3.05) is 17.3 Å². The maximum Gasteiger partial charge on any atom is 0.236 e. The molecule has 0 unspecified atom stereocenters. The van der Waals surface area contributed by atoms with Crippen LogP contribution in [0.1, 0.15) is 31.7 Å². The average Bonchev–Trinajstić information content (AvgIpc) is 2.55. The van der Waals surface area contributed by atoms with Gasteiger partial charge in [-0.05, 0) is 29.7 Å². The van der Waals surface area contributed by atoms with Gasteiger partial charge in [-0.15, -0.1) is 0 Å². The number of carbonyl (C=O) groups excluding carboxylic acids is 2. The highest BCUT2D eigenvalue weighted by atomic mass is 16.2. The SMILES string of the molecule is CC(C)c1ccccc1NC(=O)CC(=O)N(C)c1ccccc1. The van der Waals surface area contributed by atoms with Gasteiger partial charge in [0.1, 0.15) is 6.42 Å². The van der Waals surface area contributed by atoms with E-state index in [2.05, 4.69) is 19.2 Å². The molecule has 4 nitrogen and oxygen atoms in total. The lowest BCUT2D eigenvalue weighted by Gasteiger charge is -2.18. The third-order valence-corrected chi connectivity index (χ3v) is 3.69. The fraction of sp³-hybridized carbons (Fsp3) is 0.263. The molecule has 1 N–H and O–H groups in total. The first kappa shape index (κ1) is 16.7. The van der Waals surface area contributed by atoms with Crippen molar-refractivity contribution in [3.05, 3.63) is 60.2 Å². The minimum absolute atomic E-state index is 0.183. The van der Waals surface area contributed by atoms with Crippen molar-refractivity contribution in [2.45, 2.75) is 26.2 Å². The highest BCUT2D eigenvalue weighted by Gasteiger charge is 2.16. The molecule has 0 saturated carbocycles. The molecule has 0 saturated heterocycles. The lowest BCUT2D eigenvalue weighted by molar-refractivity contribution is -0.125. The predicted octanol–water partition coefficient (Wildman–Crippen LogP) is 3.80. The fourth-order valence-electron chi connectivity index (χ4n) is 2.36. The number of rotatable bonds is 5. The molecule has 0 atom stereocenters. The van der Waals surface area contributed by atoms with Crippen molar-refractivity contribution in [3.63, 3.8) is 0 Å². The number of anilines is 2. The number of hydrogen-bond acceptors (Lipinski definition) is 2. The van der Waals surface area contributed by atoms with Gasteiger partial charge in [0, 0.05) is 18.4 Å². The second kappa shape index (κ2) is 7.58. The van der Waals surface area contributed by atoms with Crippen molar-refractivity contribution in [2.24, 2.45) is 0 Å². The highest BCUT2D eigenvalue weighted by molar-refractivity contribution is 6.09. The summed E-state index contributed by atoms with van der Waals surface area (Å²) >= 11 is 0. The normalized spacial score (nSPS) is 10.4. The third-order valence-electron chi connectivity index (χ3n) is 3.69. The Bertz CT molecular complexity index is 681. The van der Waals surface area contributed by atoms with E-state index < -0.39 is 0 Å². The summed E-state index contributed by atoms with van der Waals surface area (Å²) in [5.74, 6) is -0.240. The molecule has 0 aromatic heterocycles. The van der Waals surface area contributed by atoms with Gasteiger partial charge in [0.05, 0.1) is 0 Å². The Morgan fingerprint density at radius 1 is 1.00 bits per heavy atom. The standard InChI is InChI=1S/C19H22N2O2/c1-14(2)16-11-7-8-12-17(16)20-18(22)13-19(23)21(3)15-9-5-4-6-10-15/h4-12,14H,13H2,1-3H3,(H,20,22). The predicted molar refractivity (Wildman–Crippen MR) is 93.6 cm³/mol. The maximum atomic E-state index is 12.2. The summed E-state index contributed by atoms with van der Waals surface area (Å²) < 4.78 is 0. The summed E-state index contributed by atoms with van der Waals surface area (Å²) in [6, 6.07) is 16.9. The lowest BCUT2D eigenvalue weighted by atomic mass is 10.0. The van der Waals surface area contributed by atoms with Gasteiger partial charge in [0.15, 0.2) is 0 Å². The summed E-state index contributed by atoms with van der Waals surface area (Å²) in [5, 5.41) is 2.84. The molecule has 2 rings (SSSR count). The molecule has 120 valence electrons. The zero-order chi connectivity index (χ0) is 16.8. The maximum absolute atomic E-state index is 12.2. The first-order valence-electron chi connectivity index (χ1n) is 7.69. The van der Waals surface area contributed by atoms with Crippen LogP contribution in [-0.2, 0) is 9.59 Å². The second-order valence-corrected chi connectivity index (χ2v) is 5.76. The lowest BCUT2D eigenvalue weighted by Crippen LogP contribution is -2.30. The molecule has 0 heterocycles. The first-order chi connectivity index (χ1) is 11.0. The number of nitrogens with zero attached hydrogens (tertiary/aromatic N) is 1. The topological polar surface area (TPSA) is 49.4 Å². The summed E-state index contributed by atoms with van der Waals surface area (Å²) in [5.41, 5.74) is 2.60. The largest absolute Gasteiger partial charge is 0.325 e. The number of carbonyl (C=O) groups is 2. The molecule has 0 radical (unpaired) electrons. The molecule has 0 bridgehead atoms. The summed E-state index contributed by atoms with van der Waals surface area (Å²) in [7, 11) is 1.67. The Balaban J connectivity index is 2.01. The zero-order valence-electron chi connectivity index (χ0n) is 13.7. The molecule has 0 aliphatic heterocycles. The van der Waals surface area contributed by atoms with Crippen molar-refractivity contribution >= 4 is 23.2 Å². The van der Waals surface area contributed by atoms with Gasteiger partial charge < -0.3 is 10.2 Å². The van der Waals surface area contributed by atoms with Crippen LogP contribution in [0.25, 0.3) is 0 Å². The number of amides is 2. The van der Waals surface area contributed by atoms with Crippen molar-refractivity contribution in [1.82, 2.24) is 0 Å². The van der Waals surface area contributed by atoms with Crippen LogP contribution in [0.3, 0.4) is 0 Å². The fourth-order valence-corrected chi connectivity index (χ4v) is 2.36.